The van der Waals surface area contributed by atoms with E-state index in [1.54, 1.807) is 44.2 Å². The number of thiol groups is 1. The summed E-state index contributed by atoms with van der Waals surface area (Å²) < 4.78 is 2.86. The summed E-state index contributed by atoms with van der Waals surface area (Å²) in [5.74, 6) is -6.04. The molecule has 0 saturated carbocycles. The highest BCUT2D eigenvalue weighted by Crippen LogP contribution is 2.49. The van der Waals surface area contributed by atoms with Gasteiger partial charge in [-0.2, -0.15) is 12.6 Å². The Morgan fingerprint density at radius 3 is 2.30 bits per heavy atom. The van der Waals surface area contributed by atoms with E-state index in [9.17, 15) is 24.6 Å². The predicted molar refractivity (Wildman–Crippen MR) is 150 cm³/mol. The zero-order valence-electron chi connectivity index (χ0n) is 22.2. The van der Waals surface area contributed by atoms with E-state index in [-0.39, 0.29) is 37.6 Å². The van der Waals surface area contributed by atoms with E-state index >= 15 is 0 Å². The fraction of sp³-hybridized carbons (Fsp3) is 0.679. The van der Waals surface area contributed by atoms with Gasteiger partial charge in [-0.05, 0) is 39.5 Å². The van der Waals surface area contributed by atoms with E-state index in [1.165, 1.54) is 6.92 Å². The van der Waals surface area contributed by atoms with Crippen LogP contribution in [0.5, 0.6) is 0 Å². The number of ether oxygens (including phenoxy) is 1. The maximum atomic E-state index is 14.1. The third kappa shape index (κ3) is 7.37. The number of carbonyl (C=O) groups is 3. The zero-order valence-corrected chi connectivity index (χ0v) is 24.6. The highest BCUT2D eigenvalue weighted by atomic mass is 35.5. The van der Waals surface area contributed by atoms with Gasteiger partial charge in [0.2, 0.25) is 4.33 Å². The topological polar surface area (TPSA) is 101 Å². The van der Waals surface area contributed by atoms with Crippen molar-refractivity contribution in [1.29, 1.82) is 0 Å². The number of aliphatic hydroxyl groups is 2. The molecule has 0 heterocycles. The van der Waals surface area contributed by atoms with Gasteiger partial charge >= 0.3 is 0 Å². The molecule has 0 amide bonds. The van der Waals surface area contributed by atoms with Gasteiger partial charge in [-0.1, -0.05) is 73.5 Å². The van der Waals surface area contributed by atoms with E-state index in [1.807, 2.05) is 19.9 Å². The molecule has 6 nitrogen and oxygen atoms in total. The number of Topliss-reactive ketones (excluding diaryl/α,β-unsaturated/α-hetero) is 3. The van der Waals surface area contributed by atoms with Crippen LogP contribution in [0.1, 0.15) is 53.9 Å². The molecule has 0 aromatic rings. The molecule has 0 unspecified atom stereocenters. The van der Waals surface area contributed by atoms with Crippen LogP contribution in [-0.4, -0.2) is 61.6 Å². The molecule has 0 spiro atoms. The third-order valence-corrected chi connectivity index (χ3v) is 8.79. The van der Waals surface area contributed by atoms with Crippen LogP contribution in [0.15, 0.2) is 36.5 Å². The summed E-state index contributed by atoms with van der Waals surface area (Å²) in [7, 11) is 0. The fourth-order valence-corrected chi connectivity index (χ4v) is 6.19. The van der Waals surface area contributed by atoms with Gasteiger partial charge in [0.1, 0.15) is 5.78 Å². The lowest BCUT2D eigenvalue weighted by molar-refractivity contribution is -0.150. The summed E-state index contributed by atoms with van der Waals surface area (Å²) >= 11 is 17.7. The number of carbonyl (C=O) groups excluding carboxylic acids is 3. The molecule has 2 aliphatic carbocycles. The Kier molecular flexibility index (Phi) is 11.3. The Balaban J connectivity index is 2.65. The summed E-state index contributed by atoms with van der Waals surface area (Å²) in [6.07, 6.45) is 11.1. The average Bonchev–Trinajstić information content (AvgIpc) is 2.84. The second-order valence-corrected chi connectivity index (χ2v) is 12.6. The molecule has 2 aliphatic rings. The van der Waals surface area contributed by atoms with Crippen LogP contribution in [0.4, 0.5) is 0 Å². The number of hydrogen-bond donors (Lipinski definition) is 3. The lowest BCUT2D eigenvalue weighted by Gasteiger charge is -2.49. The molecule has 2 rings (SSSR count). The minimum Gasteiger partial charge on any atom is -0.389 e. The molecule has 0 aromatic heterocycles. The molecule has 2 N–H and O–H groups in total. The largest absolute Gasteiger partial charge is 0.389 e. The van der Waals surface area contributed by atoms with Crippen molar-refractivity contribution in [3.05, 3.63) is 36.5 Å². The van der Waals surface area contributed by atoms with Crippen molar-refractivity contribution in [1.82, 2.24) is 0 Å². The van der Waals surface area contributed by atoms with Crippen molar-refractivity contribution in [3.8, 4) is 0 Å². The molecule has 0 fully saturated rings. The Morgan fingerprint density at radius 2 is 1.70 bits per heavy atom. The first-order valence-electron chi connectivity index (χ1n) is 12.8. The molecule has 37 heavy (non-hydrogen) atoms. The van der Waals surface area contributed by atoms with Gasteiger partial charge in [-0.25, -0.2) is 0 Å². The van der Waals surface area contributed by atoms with Crippen LogP contribution in [0.25, 0.3) is 0 Å². The molecule has 208 valence electrons. The Hall–Kier alpha value is -0.960. The van der Waals surface area contributed by atoms with Gasteiger partial charge in [0.25, 0.3) is 0 Å². The van der Waals surface area contributed by atoms with Gasteiger partial charge in [0.15, 0.2) is 11.6 Å². The first-order valence-corrected chi connectivity index (χ1v) is 14.1. The summed E-state index contributed by atoms with van der Waals surface area (Å²) in [5, 5.41) is 22.5. The predicted octanol–water partition coefficient (Wildman–Crippen LogP) is 4.69. The Bertz CT molecular complexity index is 943. The second-order valence-electron chi connectivity index (χ2n) is 10.7. The molecule has 0 aliphatic heterocycles. The highest BCUT2D eigenvalue weighted by Gasteiger charge is 2.59. The Morgan fingerprint density at radius 1 is 1.08 bits per heavy atom. The molecule has 0 saturated heterocycles. The summed E-state index contributed by atoms with van der Waals surface area (Å²) in [4.78, 5) is 40.2. The number of fused-ring (bicyclic) bond motifs is 1. The monoisotopic (exact) mass is 574 g/mol. The number of allylic oxidation sites excluding steroid dienone is 4. The van der Waals surface area contributed by atoms with Crippen molar-refractivity contribution >= 4 is 53.2 Å². The zero-order chi connectivity index (χ0) is 28.2. The van der Waals surface area contributed by atoms with Crippen LogP contribution >= 0.6 is 35.8 Å². The highest BCUT2D eigenvalue weighted by molar-refractivity contribution is 7.81. The van der Waals surface area contributed by atoms with Gasteiger partial charge in [0.05, 0.1) is 29.6 Å². The molecular weight excluding hydrogens is 535 g/mol. The van der Waals surface area contributed by atoms with Crippen molar-refractivity contribution in [3.63, 3.8) is 0 Å². The summed E-state index contributed by atoms with van der Waals surface area (Å²) in [6, 6.07) is 0. The number of ketones is 3. The van der Waals surface area contributed by atoms with Crippen LogP contribution in [0.3, 0.4) is 0 Å². The maximum absolute atomic E-state index is 14.1. The first kappa shape index (κ1) is 32.3. The standard InChI is InChI=1S/C28H40Cl2O6S/c1-6-27(35)19(15-26(5,34)16-36-7-2)12-13-20-22(37)11-9-8-10-17(3)14-21(31)18(4)24(32)28(29,30)25(33)23(20)27/h8-13,17-20,22-23,34-35,37H,6-7,14-16H2,1-5H3/b10-8+,11-9-/t17-,18+,19+,20-,22+,23-,26+,27-/m0/s1. The maximum Gasteiger partial charge on any atom is 0.234 e. The van der Waals surface area contributed by atoms with E-state index in [0.29, 0.717) is 6.61 Å². The fourth-order valence-electron chi connectivity index (χ4n) is 5.26. The Labute approximate surface area is 235 Å². The van der Waals surface area contributed by atoms with Gasteiger partial charge < -0.3 is 14.9 Å². The quantitative estimate of drug-likeness (QED) is 0.184. The van der Waals surface area contributed by atoms with Gasteiger partial charge in [-0.3, -0.25) is 14.4 Å². The van der Waals surface area contributed by atoms with Crippen molar-refractivity contribution < 1.29 is 29.3 Å². The smallest absolute Gasteiger partial charge is 0.234 e. The van der Waals surface area contributed by atoms with Gasteiger partial charge in [0, 0.05) is 30.1 Å². The van der Waals surface area contributed by atoms with Gasteiger partial charge in [-0.15, -0.1) is 0 Å². The molecule has 8 atom stereocenters. The number of alkyl halides is 2. The number of halogens is 2. The van der Waals surface area contributed by atoms with E-state index < -0.39 is 56.0 Å². The van der Waals surface area contributed by atoms with E-state index in [4.69, 9.17) is 40.6 Å². The average molecular weight is 576 g/mol. The number of hydrogen-bond acceptors (Lipinski definition) is 7. The van der Waals surface area contributed by atoms with Crippen molar-refractivity contribution in [2.24, 2.45) is 29.6 Å². The van der Waals surface area contributed by atoms with E-state index in [2.05, 4.69) is 0 Å². The van der Waals surface area contributed by atoms with E-state index in [0.717, 1.165) is 0 Å². The van der Waals surface area contributed by atoms with Crippen molar-refractivity contribution in [2.45, 2.75) is 74.7 Å². The van der Waals surface area contributed by atoms with Crippen LogP contribution in [-0.2, 0) is 19.1 Å². The van der Waals surface area contributed by atoms with Crippen LogP contribution < -0.4 is 0 Å². The molecule has 0 radical (unpaired) electrons. The summed E-state index contributed by atoms with van der Waals surface area (Å²) in [5.41, 5.74) is -2.99. The van der Waals surface area contributed by atoms with Crippen LogP contribution in [0, 0.1) is 29.6 Å². The first-order chi connectivity index (χ1) is 17.1. The minimum absolute atomic E-state index is 0.0470. The SMILES string of the molecule is CCOC[C@](C)(O)C[C@H]1C=C[C@H]2[C@H](S)/C=C\C=C\[C@H](C)CC(=O)[C@@H](C)C(=O)C(Cl)(Cl)C(=O)[C@H]2[C@]1(O)CC. The molecule has 0 bridgehead atoms. The lowest BCUT2D eigenvalue weighted by atomic mass is 9.60. The molecular formula is C28H40Cl2O6S. The minimum atomic E-state index is -2.55. The normalized spacial score (nSPS) is 38.4. The lowest BCUT2D eigenvalue weighted by Crippen LogP contribution is -2.60. The number of rotatable bonds is 6. The molecule has 9 heteroatoms. The summed E-state index contributed by atoms with van der Waals surface area (Å²) in [6.45, 7) is 8.87. The second kappa shape index (κ2) is 12.9. The molecule has 0 aromatic carbocycles. The third-order valence-electron chi connectivity index (χ3n) is 7.53. The van der Waals surface area contributed by atoms with Crippen LogP contribution in [0.2, 0.25) is 0 Å². The van der Waals surface area contributed by atoms with Crippen molar-refractivity contribution in [2.75, 3.05) is 13.2 Å².